The summed E-state index contributed by atoms with van der Waals surface area (Å²) in [5.41, 5.74) is 3.72. The maximum absolute atomic E-state index is 12.2. The number of nitrogens with zero attached hydrogens (tertiary/aromatic N) is 1. The number of carbonyl (C=O) groups is 1. The zero-order chi connectivity index (χ0) is 23.4. The molecule has 3 aromatic carbocycles. The maximum Gasteiger partial charge on any atom is 0.337 e. The quantitative estimate of drug-likeness (QED) is 0.247. The Hall–Kier alpha value is -3.46. The van der Waals surface area contributed by atoms with E-state index >= 15 is 0 Å². The van der Waals surface area contributed by atoms with Crippen LogP contribution in [0.2, 0.25) is 0 Å². The number of anilines is 2. The largest absolute Gasteiger partial charge is 0.755 e. The fourth-order valence-electron chi connectivity index (χ4n) is 3.44. The third kappa shape index (κ3) is 4.83. The first-order valence-corrected chi connectivity index (χ1v) is 11.8. The number of hydrogen-bond donors (Lipinski definition) is 0. The maximum atomic E-state index is 12.2. The van der Waals surface area contributed by atoms with Crippen molar-refractivity contribution in [2.24, 2.45) is 0 Å². The van der Waals surface area contributed by atoms with Crippen LogP contribution in [0.1, 0.15) is 10.4 Å². The molecule has 6 nitrogen and oxygen atoms in total. The third-order valence-electron chi connectivity index (χ3n) is 5.01. The molecule has 0 saturated heterocycles. The van der Waals surface area contributed by atoms with E-state index in [0.29, 0.717) is 10.7 Å². The molecule has 0 fully saturated rings. The van der Waals surface area contributed by atoms with Crippen LogP contribution in [-0.2, 0) is 16.0 Å². The van der Waals surface area contributed by atoms with Gasteiger partial charge in [0.15, 0.2) is 0 Å². The Labute approximate surface area is 198 Å². The molecule has 1 unspecified atom stereocenters. The van der Waals surface area contributed by atoms with Crippen LogP contribution < -0.4 is 9.04 Å². The van der Waals surface area contributed by atoms with Crippen LogP contribution in [0.25, 0.3) is 21.6 Å². The van der Waals surface area contributed by atoms with Crippen molar-refractivity contribution in [3.8, 4) is 27.3 Å². The van der Waals surface area contributed by atoms with Gasteiger partial charge in [0, 0.05) is 4.88 Å². The summed E-state index contributed by atoms with van der Waals surface area (Å²) < 4.78 is 35.7. The van der Waals surface area contributed by atoms with Crippen molar-refractivity contribution in [1.29, 1.82) is 0 Å². The lowest BCUT2D eigenvalue weighted by atomic mass is 10.0. The van der Waals surface area contributed by atoms with Gasteiger partial charge < -0.3 is 14.0 Å². The van der Waals surface area contributed by atoms with Crippen LogP contribution in [0.15, 0.2) is 84.9 Å². The van der Waals surface area contributed by atoms with Gasteiger partial charge in [0.05, 0.1) is 36.7 Å². The molecule has 0 N–H and O–H groups in total. The fourth-order valence-corrected chi connectivity index (χ4v) is 5.17. The van der Waals surface area contributed by atoms with Gasteiger partial charge in [0.1, 0.15) is 10.8 Å². The molecule has 0 saturated carbocycles. The smallest absolute Gasteiger partial charge is 0.337 e. The van der Waals surface area contributed by atoms with Crippen LogP contribution in [-0.4, -0.2) is 29.0 Å². The average Bonchev–Trinajstić information content (AvgIpc) is 3.34. The van der Waals surface area contributed by atoms with Gasteiger partial charge in [0.2, 0.25) is 0 Å². The predicted molar refractivity (Wildman–Crippen MR) is 131 cm³/mol. The van der Waals surface area contributed by atoms with Crippen molar-refractivity contribution in [2.75, 3.05) is 18.5 Å². The first-order chi connectivity index (χ1) is 16.0. The predicted octanol–water partition coefficient (Wildman–Crippen LogP) is 5.81. The lowest BCUT2D eigenvalue weighted by Gasteiger charge is -2.26. The number of rotatable bonds is 7. The molecule has 1 aromatic heterocycles. The molecule has 0 bridgehead atoms. The van der Waals surface area contributed by atoms with Crippen LogP contribution in [0.3, 0.4) is 0 Å². The van der Waals surface area contributed by atoms with Gasteiger partial charge >= 0.3 is 5.97 Å². The van der Waals surface area contributed by atoms with E-state index in [4.69, 9.17) is 9.47 Å². The first kappa shape index (κ1) is 22.7. The van der Waals surface area contributed by atoms with Gasteiger partial charge in [-0.05, 0) is 53.1 Å². The molecule has 8 heteroatoms. The van der Waals surface area contributed by atoms with Crippen molar-refractivity contribution in [3.63, 3.8) is 0 Å². The SMILES string of the molecule is COC(=O)c1ccc(N(c2ccc(-c3cccc(-c4ccccc4)c3)s2)S(=O)[O-])c(OC)c1. The van der Waals surface area contributed by atoms with Crippen molar-refractivity contribution in [1.82, 2.24) is 0 Å². The molecule has 168 valence electrons. The van der Waals surface area contributed by atoms with Gasteiger partial charge in [0.25, 0.3) is 0 Å². The highest BCUT2D eigenvalue weighted by molar-refractivity contribution is 7.81. The topological polar surface area (TPSA) is 78.9 Å². The van der Waals surface area contributed by atoms with E-state index < -0.39 is 17.2 Å². The molecule has 4 rings (SSSR count). The first-order valence-electron chi connectivity index (χ1n) is 9.93. The lowest BCUT2D eigenvalue weighted by molar-refractivity contribution is 0.0600. The summed E-state index contributed by atoms with van der Waals surface area (Å²) in [5.74, 6) is -0.297. The molecule has 0 aliphatic heterocycles. The average molecular weight is 479 g/mol. The minimum Gasteiger partial charge on any atom is -0.755 e. The van der Waals surface area contributed by atoms with Crippen molar-refractivity contribution < 1.29 is 23.0 Å². The molecule has 1 heterocycles. The van der Waals surface area contributed by atoms with Gasteiger partial charge in [-0.15, -0.1) is 11.3 Å². The zero-order valence-electron chi connectivity index (χ0n) is 17.9. The summed E-state index contributed by atoms with van der Waals surface area (Å²) in [5, 5.41) is 0.493. The number of carbonyl (C=O) groups excluding carboxylic acids is 1. The molecule has 0 amide bonds. The molecular formula is C25H20NO5S2-. The molecule has 33 heavy (non-hydrogen) atoms. The molecule has 0 radical (unpaired) electrons. The Morgan fingerprint density at radius 1 is 0.879 bits per heavy atom. The second-order valence-corrected chi connectivity index (χ2v) is 8.84. The van der Waals surface area contributed by atoms with E-state index in [2.05, 4.69) is 6.07 Å². The van der Waals surface area contributed by atoms with Crippen molar-refractivity contribution in [2.45, 2.75) is 0 Å². The lowest BCUT2D eigenvalue weighted by Crippen LogP contribution is -2.19. The monoisotopic (exact) mass is 478 g/mol. The van der Waals surface area contributed by atoms with E-state index in [1.807, 2.05) is 54.6 Å². The number of hydrogen-bond acceptors (Lipinski definition) is 6. The highest BCUT2D eigenvalue weighted by Crippen LogP contribution is 2.42. The van der Waals surface area contributed by atoms with E-state index in [0.717, 1.165) is 25.9 Å². The summed E-state index contributed by atoms with van der Waals surface area (Å²) in [6.45, 7) is 0. The second kappa shape index (κ2) is 9.99. The molecule has 0 aliphatic carbocycles. The Kier molecular flexibility index (Phi) is 6.88. The van der Waals surface area contributed by atoms with Crippen LogP contribution >= 0.6 is 11.3 Å². The number of methoxy groups -OCH3 is 2. The summed E-state index contributed by atoms with van der Waals surface area (Å²) in [4.78, 5) is 12.8. The summed E-state index contributed by atoms with van der Waals surface area (Å²) >= 11 is -1.27. The second-order valence-electron chi connectivity index (χ2n) is 6.97. The standard InChI is InChI=1S/C25H21NO5S2/c1-30-22-16-20(25(27)31-2)11-12-21(22)26(33(28)29)24-14-13-23(32-24)19-10-6-9-18(15-19)17-7-4-3-5-8-17/h3-16H,1-2H3,(H,28,29)/p-1. The van der Waals surface area contributed by atoms with Crippen molar-refractivity contribution in [3.05, 3.63) is 90.5 Å². The van der Waals surface area contributed by atoms with Gasteiger partial charge in [-0.1, -0.05) is 48.5 Å². The number of thiophene rings is 1. The number of esters is 1. The minimum absolute atomic E-state index is 0.239. The van der Waals surface area contributed by atoms with Gasteiger partial charge in [-0.3, -0.25) is 8.51 Å². The van der Waals surface area contributed by atoms with Crippen LogP contribution in [0.5, 0.6) is 5.75 Å². The van der Waals surface area contributed by atoms with Crippen molar-refractivity contribution >= 4 is 39.3 Å². The van der Waals surface area contributed by atoms with E-state index in [-0.39, 0.29) is 11.3 Å². The van der Waals surface area contributed by atoms with Crippen LogP contribution in [0, 0.1) is 0 Å². The van der Waals surface area contributed by atoms with E-state index in [1.165, 1.54) is 43.8 Å². The van der Waals surface area contributed by atoms with Gasteiger partial charge in [-0.2, -0.15) is 0 Å². The molecule has 4 aromatic rings. The third-order valence-corrected chi connectivity index (χ3v) is 6.94. The Morgan fingerprint density at radius 2 is 1.61 bits per heavy atom. The molecular weight excluding hydrogens is 458 g/mol. The molecule has 0 spiro atoms. The normalized spacial score (nSPS) is 11.6. The zero-order valence-corrected chi connectivity index (χ0v) is 19.5. The minimum atomic E-state index is -2.62. The van der Waals surface area contributed by atoms with Gasteiger partial charge in [-0.25, -0.2) is 4.79 Å². The van der Waals surface area contributed by atoms with E-state index in [9.17, 15) is 13.6 Å². The summed E-state index contributed by atoms with van der Waals surface area (Å²) in [6.07, 6.45) is 0. The Morgan fingerprint density at radius 3 is 2.30 bits per heavy atom. The van der Waals surface area contributed by atoms with E-state index in [1.54, 1.807) is 6.07 Å². The fraction of sp³-hybridized carbons (Fsp3) is 0.0800. The highest BCUT2D eigenvalue weighted by atomic mass is 32.2. The number of benzene rings is 3. The summed E-state index contributed by atoms with van der Waals surface area (Å²) in [7, 11) is 2.70. The van der Waals surface area contributed by atoms with Crippen LogP contribution in [0.4, 0.5) is 10.7 Å². The molecule has 0 aliphatic rings. The Balaban J connectivity index is 1.71. The highest BCUT2D eigenvalue weighted by Gasteiger charge is 2.20. The summed E-state index contributed by atoms with van der Waals surface area (Å²) in [6, 6.07) is 26.3. The Bertz CT molecular complexity index is 1300. The molecule has 1 atom stereocenters. The number of ether oxygens (including phenoxy) is 2.